The highest BCUT2D eigenvalue weighted by Crippen LogP contribution is 2.34. The van der Waals surface area contributed by atoms with Crippen LogP contribution in [0.5, 0.6) is 11.5 Å². The van der Waals surface area contributed by atoms with Crippen molar-refractivity contribution in [2.75, 3.05) is 27.9 Å². The quantitative estimate of drug-likeness (QED) is 0.592. The molecule has 6 heteroatoms. The van der Waals surface area contributed by atoms with Crippen molar-refractivity contribution in [3.63, 3.8) is 0 Å². The number of nitrogens with two attached hydrogens (primary N) is 1. The first kappa shape index (κ1) is 16.4. The normalized spacial score (nSPS) is 16.8. The van der Waals surface area contributed by atoms with Gasteiger partial charge in [0.15, 0.2) is 17.5 Å². The van der Waals surface area contributed by atoms with Crippen molar-refractivity contribution in [2.45, 2.75) is 31.4 Å². The van der Waals surface area contributed by atoms with E-state index < -0.39 is 0 Å². The number of benzene rings is 1. The molecule has 3 N–H and O–H groups in total. The summed E-state index contributed by atoms with van der Waals surface area (Å²) in [6.45, 7) is 1.18. The van der Waals surface area contributed by atoms with E-state index in [1.54, 1.807) is 21.3 Å². The zero-order chi connectivity index (χ0) is 16.0. The summed E-state index contributed by atoms with van der Waals surface area (Å²) in [5.41, 5.74) is 6.86. The van der Waals surface area contributed by atoms with Gasteiger partial charge in [0.25, 0.3) is 0 Å². The van der Waals surface area contributed by atoms with Gasteiger partial charge in [-0.3, -0.25) is 0 Å². The molecule has 1 fully saturated rings. The Morgan fingerprint density at radius 1 is 1.23 bits per heavy atom. The fourth-order valence-corrected chi connectivity index (χ4v) is 2.49. The maximum Gasteiger partial charge on any atom is 0.189 e. The van der Waals surface area contributed by atoms with Gasteiger partial charge in [-0.2, -0.15) is 0 Å². The van der Waals surface area contributed by atoms with Crippen molar-refractivity contribution in [2.24, 2.45) is 10.7 Å². The molecule has 0 aliphatic heterocycles. The molecule has 6 nitrogen and oxygen atoms in total. The molecule has 0 atom stereocenters. The van der Waals surface area contributed by atoms with Crippen LogP contribution in [0.3, 0.4) is 0 Å². The Kier molecular flexibility index (Phi) is 5.49. The molecule has 0 aromatic heterocycles. The van der Waals surface area contributed by atoms with E-state index in [0.717, 1.165) is 18.4 Å². The highest BCUT2D eigenvalue weighted by Gasteiger charge is 2.36. The highest BCUT2D eigenvalue weighted by atomic mass is 16.5. The topological polar surface area (TPSA) is 78.1 Å². The number of hydrogen-bond donors (Lipinski definition) is 2. The van der Waals surface area contributed by atoms with Gasteiger partial charge in [-0.15, -0.1) is 0 Å². The average Bonchev–Trinajstić information content (AvgIpc) is 2.52. The van der Waals surface area contributed by atoms with Crippen LogP contribution in [0.4, 0.5) is 0 Å². The Morgan fingerprint density at radius 3 is 2.50 bits per heavy atom. The number of rotatable bonds is 7. The van der Waals surface area contributed by atoms with E-state index in [2.05, 4.69) is 10.3 Å². The lowest BCUT2D eigenvalue weighted by atomic mass is 9.80. The van der Waals surface area contributed by atoms with Gasteiger partial charge >= 0.3 is 0 Å². The van der Waals surface area contributed by atoms with E-state index in [1.165, 1.54) is 6.42 Å². The zero-order valence-electron chi connectivity index (χ0n) is 13.5. The molecule has 22 heavy (non-hydrogen) atoms. The molecular weight excluding hydrogens is 282 g/mol. The molecule has 1 aromatic rings. The summed E-state index contributed by atoms with van der Waals surface area (Å²) in [4.78, 5) is 4.35. The molecule has 1 saturated carbocycles. The van der Waals surface area contributed by atoms with Gasteiger partial charge in [0, 0.05) is 13.7 Å². The molecule has 0 spiro atoms. The Balaban J connectivity index is 1.90. The maximum absolute atomic E-state index is 5.92. The Labute approximate surface area is 131 Å². The van der Waals surface area contributed by atoms with Gasteiger partial charge in [-0.05, 0) is 37.0 Å². The summed E-state index contributed by atoms with van der Waals surface area (Å²) in [5, 5.41) is 3.14. The van der Waals surface area contributed by atoms with Crippen LogP contribution in [0.15, 0.2) is 23.2 Å². The lowest BCUT2D eigenvalue weighted by Crippen LogP contribution is -2.50. The minimum absolute atomic E-state index is 0.0660. The molecule has 0 radical (unpaired) electrons. The van der Waals surface area contributed by atoms with E-state index >= 15 is 0 Å². The third kappa shape index (κ3) is 3.82. The van der Waals surface area contributed by atoms with Gasteiger partial charge in [0.05, 0.1) is 26.4 Å². The fraction of sp³-hybridized carbons (Fsp3) is 0.562. The number of hydrogen-bond acceptors (Lipinski definition) is 4. The number of methoxy groups -OCH3 is 3. The summed E-state index contributed by atoms with van der Waals surface area (Å²) in [5.74, 6) is 1.82. The number of aliphatic imine (C=N–C) groups is 1. The summed E-state index contributed by atoms with van der Waals surface area (Å²) < 4.78 is 16.0. The van der Waals surface area contributed by atoms with Gasteiger partial charge < -0.3 is 25.3 Å². The van der Waals surface area contributed by atoms with Crippen LogP contribution in [-0.4, -0.2) is 39.4 Å². The standard InChI is InChI=1S/C16H25N3O3/c1-20-13-6-5-12(9-14(13)21-2)10-18-15(17)19-11-16(22-3)7-4-8-16/h5-6,9H,4,7-8,10-11H2,1-3H3,(H3,17,18,19). The Morgan fingerprint density at radius 2 is 1.95 bits per heavy atom. The average molecular weight is 307 g/mol. The first-order valence-electron chi connectivity index (χ1n) is 7.42. The van der Waals surface area contributed by atoms with Gasteiger partial charge in [-0.1, -0.05) is 6.07 Å². The summed E-state index contributed by atoms with van der Waals surface area (Å²) >= 11 is 0. The number of nitrogens with one attached hydrogen (secondary N) is 1. The molecule has 2 rings (SSSR count). The van der Waals surface area contributed by atoms with Crippen molar-refractivity contribution in [1.82, 2.24) is 5.32 Å². The van der Waals surface area contributed by atoms with Crippen molar-refractivity contribution in [1.29, 1.82) is 0 Å². The molecule has 0 amide bonds. The third-order valence-corrected chi connectivity index (χ3v) is 4.17. The molecule has 1 aliphatic rings. The van der Waals surface area contributed by atoms with Crippen molar-refractivity contribution in [3.05, 3.63) is 23.8 Å². The van der Waals surface area contributed by atoms with Crippen LogP contribution in [0, 0.1) is 0 Å². The smallest absolute Gasteiger partial charge is 0.189 e. The molecule has 122 valence electrons. The minimum atomic E-state index is -0.0660. The molecule has 0 heterocycles. The second-order valence-corrected chi connectivity index (χ2v) is 5.49. The molecular formula is C16H25N3O3. The van der Waals surface area contributed by atoms with E-state index in [0.29, 0.717) is 30.5 Å². The summed E-state index contributed by atoms with van der Waals surface area (Å²) in [7, 11) is 4.98. The lowest BCUT2D eigenvalue weighted by molar-refractivity contribution is -0.0665. The number of guanidine groups is 1. The van der Waals surface area contributed by atoms with Crippen LogP contribution in [0.25, 0.3) is 0 Å². The lowest BCUT2D eigenvalue weighted by Gasteiger charge is -2.40. The first-order valence-corrected chi connectivity index (χ1v) is 7.42. The number of nitrogens with zero attached hydrogens (tertiary/aromatic N) is 1. The number of ether oxygens (including phenoxy) is 3. The van der Waals surface area contributed by atoms with Gasteiger partial charge in [0.1, 0.15) is 0 Å². The SMILES string of the molecule is COc1ccc(CN=C(N)NCC2(OC)CCC2)cc1OC. The van der Waals surface area contributed by atoms with Gasteiger partial charge in [-0.25, -0.2) is 4.99 Å². The fourth-order valence-electron chi connectivity index (χ4n) is 2.49. The van der Waals surface area contributed by atoms with Gasteiger partial charge in [0.2, 0.25) is 0 Å². The highest BCUT2D eigenvalue weighted by molar-refractivity contribution is 5.77. The van der Waals surface area contributed by atoms with E-state index in [-0.39, 0.29) is 5.60 Å². The first-order chi connectivity index (χ1) is 10.6. The molecule has 0 saturated heterocycles. The molecule has 0 unspecified atom stereocenters. The monoisotopic (exact) mass is 307 g/mol. The summed E-state index contributed by atoms with van der Waals surface area (Å²) in [6, 6.07) is 5.71. The zero-order valence-corrected chi connectivity index (χ0v) is 13.5. The Bertz CT molecular complexity index is 522. The Hall–Kier alpha value is -1.95. The van der Waals surface area contributed by atoms with Crippen molar-refractivity contribution >= 4 is 5.96 Å². The van der Waals surface area contributed by atoms with Crippen LogP contribution in [0.1, 0.15) is 24.8 Å². The van der Waals surface area contributed by atoms with E-state index in [1.807, 2.05) is 18.2 Å². The predicted molar refractivity (Wildman–Crippen MR) is 86.5 cm³/mol. The minimum Gasteiger partial charge on any atom is -0.493 e. The molecule has 1 aliphatic carbocycles. The van der Waals surface area contributed by atoms with Crippen molar-refractivity contribution in [3.8, 4) is 11.5 Å². The van der Waals surface area contributed by atoms with Crippen LogP contribution < -0.4 is 20.5 Å². The second-order valence-electron chi connectivity index (χ2n) is 5.49. The van der Waals surface area contributed by atoms with Crippen LogP contribution in [0.2, 0.25) is 0 Å². The predicted octanol–water partition coefficient (Wildman–Crippen LogP) is 1.68. The summed E-state index contributed by atoms with van der Waals surface area (Å²) in [6.07, 6.45) is 3.34. The second kappa shape index (κ2) is 7.35. The van der Waals surface area contributed by atoms with Crippen molar-refractivity contribution < 1.29 is 14.2 Å². The van der Waals surface area contributed by atoms with E-state index in [9.17, 15) is 0 Å². The largest absolute Gasteiger partial charge is 0.493 e. The molecule has 1 aromatic carbocycles. The molecule has 0 bridgehead atoms. The van der Waals surface area contributed by atoms with E-state index in [4.69, 9.17) is 19.9 Å². The van der Waals surface area contributed by atoms with Crippen LogP contribution in [-0.2, 0) is 11.3 Å². The maximum atomic E-state index is 5.92. The van der Waals surface area contributed by atoms with Crippen LogP contribution >= 0.6 is 0 Å². The third-order valence-electron chi connectivity index (χ3n) is 4.17.